The highest BCUT2D eigenvalue weighted by Gasteiger charge is 2.44. The Kier molecular flexibility index (Phi) is 19.7. The maximum absolute atomic E-state index is 13.8. The molecule has 0 spiro atoms. The molecule has 4 unspecified atom stereocenters. The number of carbonyl (C=O) groups excluding carboxylic acids is 7. The van der Waals surface area contributed by atoms with Crippen LogP contribution in [-0.4, -0.2) is 155 Å². The van der Waals surface area contributed by atoms with Gasteiger partial charge in [-0.3, -0.25) is 24.0 Å². The minimum Gasteiger partial charge on any atom is -0.451 e. The molecule has 0 fully saturated rings. The molecule has 5 N–H and O–H groups in total. The van der Waals surface area contributed by atoms with Crippen LogP contribution in [0.4, 0.5) is 5.69 Å². The number of hydrogen-bond donors (Lipinski definition) is 4. The predicted molar refractivity (Wildman–Crippen MR) is 266 cm³/mol. The molecule has 3 amide bonds. The quantitative estimate of drug-likeness (QED) is 0.0329. The normalized spacial score (nSPS) is 16.9. The van der Waals surface area contributed by atoms with E-state index in [1.54, 1.807) is 32.9 Å². The number of esters is 4. The SMILES string of the molecule is CCN(CC)CCNC(=O)c1c(C)[nH]c(/C=C2\C(=O)Nc3ccc(OC(=O)CCC(=O)OC(C)C(=O)OC(C)C(=O)OC(C)C(=O)N(CC)C4CN(CCCOC)S(=O)(=O)c5sc(S(N)(=O)=O)cc54)cc32)c1C. The van der Waals surface area contributed by atoms with Crippen LogP contribution < -0.4 is 20.5 Å². The summed E-state index contributed by atoms with van der Waals surface area (Å²) in [4.78, 5) is 98.2. The molecule has 4 heterocycles. The number of nitrogens with one attached hydrogen (secondary N) is 3. The van der Waals surface area contributed by atoms with Crippen molar-refractivity contribution in [2.24, 2.45) is 5.14 Å². The average Bonchev–Trinajstić information content (AvgIpc) is 4.01. The van der Waals surface area contributed by atoms with Gasteiger partial charge in [0.1, 0.15) is 14.2 Å². The maximum Gasteiger partial charge on any atom is 0.347 e. The fourth-order valence-electron chi connectivity index (χ4n) is 8.14. The van der Waals surface area contributed by atoms with Crippen molar-refractivity contribution < 1.29 is 74.1 Å². The molecule has 0 saturated carbocycles. The number of likely N-dealkylation sites (N-methyl/N-ethyl adjacent to an activating group) is 2. The average molecular weight is 1080 g/mol. The Hall–Kier alpha value is -6.03. The van der Waals surface area contributed by atoms with E-state index in [2.05, 4.69) is 34.4 Å². The Bertz CT molecular complexity index is 2860. The van der Waals surface area contributed by atoms with Crippen LogP contribution in [0.2, 0.25) is 0 Å². The van der Waals surface area contributed by atoms with Gasteiger partial charge >= 0.3 is 23.9 Å². The van der Waals surface area contributed by atoms with Crippen molar-refractivity contribution in [2.45, 2.75) is 107 Å². The molecule has 400 valence electrons. The van der Waals surface area contributed by atoms with Crippen molar-refractivity contribution in [2.75, 3.05) is 64.8 Å². The Morgan fingerprint density at radius 3 is 2.22 bits per heavy atom. The molecule has 3 aromatic rings. The third-order valence-electron chi connectivity index (χ3n) is 12.1. The molecule has 1 aromatic carbocycles. The third-order valence-corrected chi connectivity index (χ3v) is 17.1. The van der Waals surface area contributed by atoms with E-state index in [9.17, 15) is 50.4 Å². The summed E-state index contributed by atoms with van der Waals surface area (Å²) in [5.74, 6) is -5.46. The summed E-state index contributed by atoms with van der Waals surface area (Å²) in [6.07, 6.45) is -3.72. The van der Waals surface area contributed by atoms with E-state index < -0.39 is 97.1 Å². The molecular weight excluding hydrogens is 1010 g/mol. The minimum atomic E-state index is -4.33. The number of primary sulfonamides is 1. The van der Waals surface area contributed by atoms with Crippen molar-refractivity contribution >= 4 is 90.3 Å². The van der Waals surface area contributed by atoms with E-state index in [0.717, 1.165) is 30.4 Å². The van der Waals surface area contributed by atoms with Crippen LogP contribution in [0.25, 0.3) is 11.6 Å². The number of aromatic nitrogens is 1. The second-order valence-corrected chi connectivity index (χ2v) is 22.1. The molecule has 73 heavy (non-hydrogen) atoms. The van der Waals surface area contributed by atoms with Gasteiger partial charge in [-0.25, -0.2) is 31.6 Å². The zero-order chi connectivity index (χ0) is 54.1. The lowest BCUT2D eigenvalue weighted by atomic mass is 10.0. The number of carbonyl (C=O) groups is 7. The van der Waals surface area contributed by atoms with Crippen LogP contribution in [0, 0.1) is 13.8 Å². The highest BCUT2D eigenvalue weighted by atomic mass is 32.3. The zero-order valence-corrected chi connectivity index (χ0v) is 44.6. The number of hydrogen-bond acceptors (Lipinski definition) is 18. The van der Waals surface area contributed by atoms with Gasteiger partial charge < -0.3 is 49.1 Å². The number of fused-ring (bicyclic) bond motifs is 2. The summed E-state index contributed by atoms with van der Waals surface area (Å²) in [5, 5.41) is 11.1. The molecule has 0 radical (unpaired) electrons. The van der Waals surface area contributed by atoms with Crippen LogP contribution >= 0.6 is 11.3 Å². The summed E-state index contributed by atoms with van der Waals surface area (Å²) in [6, 6.07) is 4.61. The van der Waals surface area contributed by atoms with E-state index in [4.69, 9.17) is 28.8 Å². The fraction of sp³-hybridized carbons (Fsp3) is 0.511. The third kappa shape index (κ3) is 14.0. The van der Waals surface area contributed by atoms with Gasteiger partial charge in [-0.05, 0) is 97.0 Å². The number of aromatic amines is 1. The number of amides is 3. The number of anilines is 1. The van der Waals surface area contributed by atoms with Gasteiger partial charge in [0.25, 0.3) is 27.7 Å². The Morgan fingerprint density at radius 2 is 1.59 bits per heavy atom. The lowest BCUT2D eigenvalue weighted by molar-refractivity contribution is -0.180. The lowest BCUT2D eigenvalue weighted by Gasteiger charge is -2.39. The number of methoxy groups -OCH3 is 1. The molecule has 0 saturated heterocycles. The van der Waals surface area contributed by atoms with Crippen molar-refractivity contribution in [3.63, 3.8) is 0 Å². The number of thiophene rings is 1. The predicted octanol–water partition coefficient (Wildman–Crippen LogP) is 3.02. The van der Waals surface area contributed by atoms with Crippen LogP contribution in [0.3, 0.4) is 0 Å². The first-order valence-corrected chi connectivity index (χ1v) is 27.3. The fourth-order valence-corrected chi connectivity index (χ4v) is 12.4. The molecule has 4 atom stereocenters. The first-order valence-electron chi connectivity index (χ1n) is 23.5. The highest BCUT2D eigenvalue weighted by Crippen LogP contribution is 2.43. The minimum absolute atomic E-state index is 0.00747. The number of sulfonamides is 2. The number of aryl methyl sites for hydroxylation is 1. The van der Waals surface area contributed by atoms with E-state index in [1.807, 2.05) is 0 Å². The number of benzene rings is 1. The number of nitrogens with two attached hydrogens (primary N) is 1. The zero-order valence-electron chi connectivity index (χ0n) is 42.2. The van der Waals surface area contributed by atoms with E-state index in [-0.39, 0.29) is 53.2 Å². The highest BCUT2D eigenvalue weighted by molar-refractivity contribution is 7.94. The largest absolute Gasteiger partial charge is 0.451 e. The first kappa shape index (κ1) is 57.9. The van der Waals surface area contributed by atoms with Crippen LogP contribution in [0.5, 0.6) is 5.75 Å². The van der Waals surface area contributed by atoms with Gasteiger partial charge in [0.05, 0.1) is 30.0 Å². The molecule has 2 aliphatic rings. The lowest BCUT2D eigenvalue weighted by Crippen LogP contribution is -2.50. The number of ether oxygens (including phenoxy) is 5. The molecule has 5 rings (SSSR count). The van der Waals surface area contributed by atoms with Gasteiger partial charge in [-0.1, -0.05) is 13.8 Å². The monoisotopic (exact) mass is 1080 g/mol. The van der Waals surface area contributed by atoms with Crippen LogP contribution in [0.15, 0.2) is 32.7 Å². The van der Waals surface area contributed by atoms with Crippen molar-refractivity contribution in [3.05, 3.63) is 57.9 Å². The topological polar surface area (TPSA) is 310 Å². The van der Waals surface area contributed by atoms with E-state index >= 15 is 0 Å². The maximum atomic E-state index is 13.8. The van der Waals surface area contributed by atoms with Gasteiger partial charge in [-0.15, -0.1) is 11.3 Å². The van der Waals surface area contributed by atoms with Crippen molar-refractivity contribution in [1.82, 2.24) is 24.4 Å². The van der Waals surface area contributed by atoms with Gasteiger partial charge in [-0.2, -0.15) is 4.31 Å². The van der Waals surface area contributed by atoms with Crippen LogP contribution in [0.1, 0.15) is 105 Å². The van der Waals surface area contributed by atoms with Gasteiger partial charge in [0, 0.05) is 74.6 Å². The molecular formula is C47H63N7O16S3. The molecule has 2 aromatic heterocycles. The smallest absolute Gasteiger partial charge is 0.347 e. The standard InChI is InChI=1S/C47H63N7O16S3/c1-10-52(11-2)20-18-49-43(58)41-26(4)36(50-27(41)5)23-33-32-22-31(14-15-35(32)51-42(33)57)70-39(56)17-16-38(55)67-29(7)45(60)69-30(8)46(61)68-28(6)44(59)54(12-3)37-25-53(19-13-21-66-9)73(64,65)47-34(37)24-40(71-47)72(48,62)63/h14-15,22-24,28-30,37,50H,10-13,16-21,25H2,1-9H3,(H,49,58)(H,51,57)(H2,48,62,63)/b33-23-. The van der Waals surface area contributed by atoms with Gasteiger partial charge in [0.15, 0.2) is 18.3 Å². The Morgan fingerprint density at radius 1 is 0.945 bits per heavy atom. The molecule has 0 bridgehead atoms. The van der Waals surface area contributed by atoms with Crippen molar-refractivity contribution in [3.8, 4) is 5.75 Å². The summed E-state index contributed by atoms with van der Waals surface area (Å²) in [5.41, 5.74) is 3.47. The number of nitrogens with zero attached hydrogens (tertiary/aromatic N) is 3. The summed E-state index contributed by atoms with van der Waals surface area (Å²) >= 11 is 0.462. The van der Waals surface area contributed by atoms with Gasteiger partial charge in [0.2, 0.25) is 10.0 Å². The van der Waals surface area contributed by atoms with E-state index in [0.29, 0.717) is 64.6 Å². The molecule has 2 aliphatic heterocycles. The van der Waals surface area contributed by atoms with E-state index in [1.165, 1.54) is 38.0 Å². The van der Waals surface area contributed by atoms with Crippen molar-refractivity contribution in [1.29, 1.82) is 0 Å². The Labute approximate surface area is 428 Å². The molecule has 23 nitrogen and oxygen atoms in total. The summed E-state index contributed by atoms with van der Waals surface area (Å²) in [7, 11) is -7.07. The summed E-state index contributed by atoms with van der Waals surface area (Å²) < 4.78 is 78.2. The number of rotatable bonds is 24. The molecule has 26 heteroatoms. The summed E-state index contributed by atoms with van der Waals surface area (Å²) in [6.45, 7) is 15.7. The van der Waals surface area contributed by atoms with Crippen LogP contribution in [-0.2, 0) is 67.8 Å². The second kappa shape index (κ2) is 24.8. The second-order valence-electron chi connectivity index (χ2n) is 17.1. The first-order chi connectivity index (χ1) is 34.4. The Balaban J connectivity index is 1.13. The molecule has 0 aliphatic carbocycles. The number of H-pyrrole nitrogens is 1.